The van der Waals surface area contributed by atoms with E-state index < -0.39 is 0 Å². The molecule has 1 nitrogen and oxygen atoms in total. The Morgan fingerprint density at radius 1 is 0.857 bits per heavy atom. The van der Waals surface area contributed by atoms with Crippen LogP contribution in [0.3, 0.4) is 0 Å². The zero-order valence-electron chi connectivity index (χ0n) is 13.9. The molecule has 0 saturated heterocycles. The van der Waals surface area contributed by atoms with Gasteiger partial charge in [0.05, 0.1) is 0 Å². The summed E-state index contributed by atoms with van der Waals surface area (Å²) in [6.07, 6.45) is 12.7. The lowest BCUT2D eigenvalue weighted by atomic mass is 9.90. The number of rotatable bonds is 12. The van der Waals surface area contributed by atoms with Gasteiger partial charge in [0.2, 0.25) is 0 Å². The van der Waals surface area contributed by atoms with Crippen molar-refractivity contribution in [2.24, 2.45) is 5.92 Å². The fourth-order valence-electron chi connectivity index (χ4n) is 2.88. The van der Waals surface area contributed by atoms with Crippen LogP contribution in [-0.4, -0.2) is 5.78 Å². The monoisotopic (exact) mass is 288 g/mol. The highest BCUT2D eigenvalue weighted by atomic mass is 16.1. The van der Waals surface area contributed by atoms with Crippen molar-refractivity contribution < 1.29 is 4.79 Å². The first-order chi connectivity index (χ1) is 10.3. The average molecular weight is 288 g/mol. The van der Waals surface area contributed by atoms with Gasteiger partial charge in [-0.15, -0.1) is 0 Å². The Hall–Kier alpha value is -1.11. The first kappa shape index (κ1) is 17.9. The number of unbranched alkanes of at least 4 members (excludes halogenated alkanes) is 7. The molecule has 1 aromatic rings. The molecule has 21 heavy (non-hydrogen) atoms. The summed E-state index contributed by atoms with van der Waals surface area (Å²) < 4.78 is 0. The van der Waals surface area contributed by atoms with Crippen LogP contribution < -0.4 is 0 Å². The van der Waals surface area contributed by atoms with E-state index in [0.29, 0.717) is 5.78 Å². The van der Waals surface area contributed by atoms with Crippen molar-refractivity contribution in [2.45, 2.75) is 78.1 Å². The molecule has 0 fully saturated rings. The van der Waals surface area contributed by atoms with Crippen molar-refractivity contribution in [3.63, 3.8) is 0 Å². The molecule has 0 saturated carbocycles. The van der Waals surface area contributed by atoms with Gasteiger partial charge in [-0.05, 0) is 12.8 Å². The van der Waals surface area contributed by atoms with E-state index in [0.717, 1.165) is 18.4 Å². The maximum Gasteiger partial charge on any atom is 0.165 e. The van der Waals surface area contributed by atoms with Gasteiger partial charge < -0.3 is 0 Å². The Balaban J connectivity index is 2.18. The largest absolute Gasteiger partial charge is 0.294 e. The maximum absolute atomic E-state index is 12.4. The number of Topliss-reactive ketones (excluding diaryl/α,β-unsaturated/α-hetero) is 1. The van der Waals surface area contributed by atoms with Gasteiger partial charge in [0.1, 0.15) is 0 Å². The van der Waals surface area contributed by atoms with Crippen LogP contribution in [0, 0.1) is 5.92 Å². The quantitative estimate of drug-likeness (QED) is 0.320. The molecule has 0 aliphatic rings. The minimum absolute atomic E-state index is 0.215. The van der Waals surface area contributed by atoms with Gasteiger partial charge in [0, 0.05) is 11.5 Å². The van der Waals surface area contributed by atoms with Crippen molar-refractivity contribution >= 4 is 5.78 Å². The van der Waals surface area contributed by atoms with Crippen molar-refractivity contribution in [3.8, 4) is 0 Å². The molecule has 0 aromatic heterocycles. The molecule has 1 atom stereocenters. The minimum Gasteiger partial charge on any atom is -0.294 e. The highest BCUT2D eigenvalue weighted by molar-refractivity contribution is 5.97. The Bertz CT molecular complexity index is 369. The molecule has 0 radical (unpaired) electrons. The molecule has 0 N–H and O–H groups in total. The molecule has 0 bridgehead atoms. The predicted octanol–water partition coefficient (Wildman–Crippen LogP) is 6.43. The second-order valence-corrected chi connectivity index (χ2v) is 6.10. The molecule has 1 rings (SSSR count). The number of hydrogen-bond donors (Lipinski definition) is 0. The van der Waals surface area contributed by atoms with E-state index in [2.05, 4.69) is 13.8 Å². The van der Waals surface area contributed by atoms with Crippen LogP contribution in [-0.2, 0) is 0 Å². The Morgan fingerprint density at radius 3 is 2.00 bits per heavy atom. The summed E-state index contributed by atoms with van der Waals surface area (Å²) in [5.74, 6) is 0.550. The first-order valence-electron chi connectivity index (χ1n) is 8.88. The summed E-state index contributed by atoms with van der Waals surface area (Å²) in [7, 11) is 0. The lowest BCUT2D eigenvalue weighted by molar-refractivity contribution is 0.0907. The zero-order chi connectivity index (χ0) is 15.3. The molecule has 0 spiro atoms. The van der Waals surface area contributed by atoms with Crippen LogP contribution >= 0.6 is 0 Å². The highest BCUT2D eigenvalue weighted by Gasteiger charge is 2.17. The highest BCUT2D eigenvalue weighted by Crippen LogP contribution is 2.20. The summed E-state index contributed by atoms with van der Waals surface area (Å²) >= 11 is 0. The number of ketones is 1. The summed E-state index contributed by atoms with van der Waals surface area (Å²) in [5.41, 5.74) is 0.879. The lowest BCUT2D eigenvalue weighted by Crippen LogP contribution is -2.13. The minimum atomic E-state index is 0.215. The lowest BCUT2D eigenvalue weighted by Gasteiger charge is -2.13. The Morgan fingerprint density at radius 2 is 1.43 bits per heavy atom. The second-order valence-electron chi connectivity index (χ2n) is 6.10. The van der Waals surface area contributed by atoms with E-state index in [1.807, 2.05) is 30.3 Å². The van der Waals surface area contributed by atoms with Gasteiger partial charge in [-0.1, -0.05) is 95.5 Å². The second kappa shape index (κ2) is 11.5. The van der Waals surface area contributed by atoms with Gasteiger partial charge in [-0.2, -0.15) is 0 Å². The predicted molar refractivity (Wildman–Crippen MR) is 91.8 cm³/mol. The number of carbonyl (C=O) groups is 1. The fraction of sp³-hybridized carbons (Fsp3) is 0.650. The normalized spacial score (nSPS) is 12.3. The molecule has 0 amide bonds. The molecule has 0 aliphatic heterocycles. The molecule has 118 valence electrons. The van der Waals surface area contributed by atoms with E-state index in [4.69, 9.17) is 0 Å². The third-order valence-electron chi connectivity index (χ3n) is 4.33. The number of benzene rings is 1. The topological polar surface area (TPSA) is 17.1 Å². The third kappa shape index (κ3) is 7.45. The first-order valence-corrected chi connectivity index (χ1v) is 8.88. The molecule has 1 heteroatoms. The van der Waals surface area contributed by atoms with Crippen molar-refractivity contribution in [2.75, 3.05) is 0 Å². The van der Waals surface area contributed by atoms with Crippen molar-refractivity contribution in [3.05, 3.63) is 35.9 Å². The van der Waals surface area contributed by atoms with E-state index in [1.165, 1.54) is 51.4 Å². The van der Waals surface area contributed by atoms with Crippen LogP contribution in [0.5, 0.6) is 0 Å². The summed E-state index contributed by atoms with van der Waals surface area (Å²) in [5, 5.41) is 0. The fourth-order valence-corrected chi connectivity index (χ4v) is 2.88. The molecule has 0 aliphatic carbocycles. The van der Waals surface area contributed by atoms with Crippen LogP contribution in [0.4, 0.5) is 0 Å². The van der Waals surface area contributed by atoms with Crippen molar-refractivity contribution in [1.82, 2.24) is 0 Å². The van der Waals surface area contributed by atoms with E-state index in [-0.39, 0.29) is 5.92 Å². The Kier molecular flexibility index (Phi) is 9.86. The van der Waals surface area contributed by atoms with Gasteiger partial charge >= 0.3 is 0 Å². The van der Waals surface area contributed by atoms with E-state index in [1.54, 1.807) is 0 Å². The molecular weight excluding hydrogens is 256 g/mol. The third-order valence-corrected chi connectivity index (χ3v) is 4.33. The average Bonchev–Trinajstić information content (AvgIpc) is 2.54. The van der Waals surface area contributed by atoms with Crippen LogP contribution in [0.1, 0.15) is 88.4 Å². The van der Waals surface area contributed by atoms with Gasteiger partial charge in [-0.3, -0.25) is 4.79 Å². The van der Waals surface area contributed by atoms with E-state index in [9.17, 15) is 4.79 Å². The maximum atomic E-state index is 12.4. The summed E-state index contributed by atoms with van der Waals surface area (Å²) in [6.45, 7) is 4.39. The SMILES string of the molecule is CCCCCCCCCCC(CC)C(=O)c1ccccc1. The molecule has 1 unspecified atom stereocenters. The number of carbonyl (C=O) groups excluding carboxylic acids is 1. The van der Waals surface area contributed by atoms with Gasteiger partial charge in [-0.25, -0.2) is 0 Å². The number of hydrogen-bond acceptors (Lipinski definition) is 1. The smallest absolute Gasteiger partial charge is 0.165 e. The van der Waals surface area contributed by atoms with E-state index >= 15 is 0 Å². The van der Waals surface area contributed by atoms with Crippen LogP contribution in [0.15, 0.2) is 30.3 Å². The van der Waals surface area contributed by atoms with Crippen LogP contribution in [0.2, 0.25) is 0 Å². The summed E-state index contributed by atoms with van der Waals surface area (Å²) in [6, 6.07) is 9.76. The molecular formula is C20H32O. The Labute approximate surface area is 131 Å². The van der Waals surface area contributed by atoms with Gasteiger partial charge in [0.25, 0.3) is 0 Å². The van der Waals surface area contributed by atoms with Crippen LogP contribution in [0.25, 0.3) is 0 Å². The summed E-state index contributed by atoms with van der Waals surface area (Å²) in [4.78, 5) is 12.4. The standard InChI is InChI=1S/C20H32O/c1-3-5-6-7-8-9-10-12-15-18(4-2)20(21)19-16-13-11-14-17-19/h11,13-14,16-18H,3-10,12,15H2,1-2H3. The molecule has 0 heterocycles. The van der Waals surface area contributed by atoms with Crippen molar-refractivity contribution in [1.29, 1.82) is 0 Å². The molecule has 1 aromatic carbocycles. The zero-order valence-corrected chi connectivity index (χ0v) is 13.9. The van der Waals surface area contributed by atoms with Gasteiger partial charge in [0.15, 0.2) is 5.78 Å².